The second kappa shape index (κ2) is 7.58. The first-order valence-corrected chi connectivity index (χ1v) is 8.54. The number of amides is 1. The van der Waals surface area contributed by atoms with E-state index >= 15 is 0 Å². The molecule has 0 saturated carbocycles. The highest BCUT2D eigenvalue weighted by molar-refractivity contribution is 5.82. The summed E-state index contributed by atoms with van der Waals surface area (Å²) in [6.45, 7) is 1.93. The van der Waals surface area contributed by atoms with Crippen LogP contribution in [0, 0.1) is 5.92 Å². The van der Waals surface area contributed by atoms with Crippen molar-refractivity contribution in [3.05, 3.63) is 66.0 Å². The Kier molecular flexibility index (Phi) is 5.26. The molecule has 4 heteroatoms. The number of likely N-dealkylation sites (N-methyl/N-ethyl adjacent to an activating group) is 1. The molecular formula is C20H25N3O. The van der Waals surface area contributed by atoms with E-state index in [9.17, 15) is 4.79 Å². The highest BCUT2D eigenvalue weighted by atomic mass is 16.2. The van der Waals surface area contributed by atoms with Gasteiger partial charge in [0.25, 0.3) is 0 Å². The van der Waals surface area contributed by atoms with Crippen molar-refractivity contribution in [1.29, 1.82) is 0 Å². The molecule has 4 nitrogen and oxygen atoms in total. The van der Waals surface area contributed by atoms with Crippen molar-refractivity contribution >= 4 is 5.91 Å². The highest BCUT2D eigenvalue weighted by Crippen LogP contribution is 2.30. The van der Waals surface area contributed by atoms with Gasteiger partial charge in [0.2, 0.25) is 5.91 Å². The van der Waals surface area contributed by atoms with Crippen LogP contribution in [0.15, 0.2) is 54.9 Å². The van der Waals surface area contributed by atoms with Gasteiger partial charge in [0.1, 0.15) is 6.04 Å². The van der Waals surface area contributed by atoms with Gasteiger partial charge in [-0.2, -0.15) is 0 Å². The van der Waals surface area contributed by atoms with Gasteiger partial charge in [-0.05, 0) is 48.6 Å². The fourth-order valence-corrected chi connectivity index (χ4v) is 3.51. The van der Waals surface area contributed by atoms with E-state index in [0.717, 1.165) is 31.5 Å². The predicted molar refractivity (Wildman–Crippen MR) is 95.5 cm³/mol. The van der Waals surface area contributed by atoms with Gasteiger partial charge in [-0.15, -0.1) is 0 Å². The van der Waals surface area contributed by atoms with E-state index in [1.54, 1.807) is 4.90 Å². The molecule has 1 fully saturated rings. The lowest BCUT2D eigenvalue weighted by atomic mass is 9.99. The molecule has 2 aromatic rings. The first kappa shape index (κ1) is 16.7. The minimum absolute atomic E-state index is 0.158. The van der Waals surface area contributed by atoms with Crippen LogP contribution in [0.2, 0.25) is 0 Å². The van der Waals surface area contributed by atoms with Gasteiger partial charge in [0.15, 0.2) is 0 Å². The largest absolute Gasteiger partial charge is 0.347 e. The standard InChI is InChI=1S/C20H25N3O/c1-22(2)20(24)19(18-6-4-3-5-7-18)23-13-10-17(15-23)14-16-8-11-21-12-9-16/h3-9,11-12,17,19H,10,13-15H2,1-2H3/t17-,19-/m1/s1. The quantitative estimate of drug-likeness (QED) is 0.849. The van der Waals surface area contributed by atoms with E-state index in [-0.39, 0.29) is 11.9 Å². The number of hydrogen-bond donors (Lipinski definition) is 0. The fourth-order valence-electron chi connectivity index (χ4n) is 3.51. The number of hydrogen-bond acceptors (Lipinski definition) is 3. The lowest BCUT2D eigenvalue weighted by Gasteiger charge is -2.29. The zero-order valence-corrected chi connectivity index (χ0v) is 14.4. The fraction of sp³-hybridized carbons (Fsp3) is 0.400. The monoisotopic (exact) mass is 323 g/mol. The summed E-state index contributed by atoms with van der Waals surface area (Å²) in [5.41, 5.74) is 2.41. The van der Waals surface area contributed by atoms with Crippen LogP contribution in [-0.2, 0) is 11.2 Å². The van der Waals surface area contributed by atoms with E-state index < -0.39 is 0 Å². The molecule has 0 aliphatic carbocycles. The van der Waals surface area contributed by atoms with Crippen LogP contribution in [0.1, 0.15) is 23.6 Å². The molecule has 0 spiro atoms. The summed E-state index contributed by atoms with van der Waals surface area (Å²) in [6, 6.07) is 14.1. The summed E-state index contributed by atoms with van der Waals surface area (Å²) in [7, 11) is 3.67. The molecule has 0 radical (unpaired) electrons. The molecule has 0 unspecified atom stereocenters. The van der Waals surface area contributed by atoms with E-state index in [1.165, 1.54) is 5.56 Å². The molecule has 1 amide bonds. The summed E-state index contributed by atoms with van der Waals surface area (Å²) in [6.07, 6.45) is 5.89. The van der Waals surface area contributed by atoms with Gasteiger partial charge >= 0.3 is 0 Å². The maximum atomic E-state index is 12.8. The van der Waals surface area contributed by atoms with Gasteiger partial charge in [-0.25, -0.2) is 0 Å². The molecule has 0 N–H and O–H groups in total. The summed E-state index contributed by atoms with van der Waals surface area (Å²) in [5, 5.41) is 0. The average molecular weight is 323 g/mol. The van der Waals surface area contributed by atoms with Crippen molar-refractivity contribution in [2.75, 3.05) is 27.2 Å². The topological polar surface area (TPSA) is 36.4 Å². The van der Waals surface area contributed by atoms with Gasteiger partial charge in [0.05, 0.1) is 0 Å². The maximum Gasteiger partial charge on any atom is 0.244 e. The molecule has 2 heterocycles. The van der Waals surface area contributed by atoms with Crippen molar-refractivity contribution in [3.63, 3.8) is 0 Å². The van der Waals surface area contributed by atoms with Gasteiger partial charge < -0.3 is 4.90 Å². The third-order valence-corrected chi connectivity index (χ3v) is 4.75. The summed E-state index contributed by atoms with van der Waals surface area (Å²) >= 11 is 0. The van der Waals surface area contributed by atoms with E-state index in [0.29, 0.717) is 5.92 Å². The smallest absolute Gasteiger partial charge is 0.244 e. The Morgan fingerprint density at radius 1 is 1.21 bits per heavy atom. The van der Waals surface area contributed by atoms with Gasteiger partial charge in [-0.1, -0.05) is 30.3 Å². The SMILES string of the molecule is CN(C)C(=O)[C@@H](c1ccccc1)N1CC[C@H](Cc2ccncc2)C1. The molecule has 3 rings (SSSR count). The number of rotatable bonds is 5. The van der Waals surface area contributed by atoms with Crippen molar-refractivity contribution in [1.82, 2.24) is 14.8 Å². The highest BCUT2D eigenvalue weighted by Gasteiger charge is 2.34. The Hall–Kier alpha value is -2.20. The summed E-state index contributed by atoms with van der Waals surface area (Å²) in [4.78, 5) is 20.9. The first-order valence-electron chi connectivity index (χ1n) is 8.54. The number of carbonyl (C=O) groups is 1. The molecule has 126 valence electrons. The van der Waals surface area contributed by atoms with Crippen LogP contribution in [0.25, 0.3) is 0 Å². The molecule has 1 saturated heterocycles. The molecule has 2 atom stereocenters. The first-order chi connectivity index (χ1) is 11.6. The van der Waals surface area contributed by atoms with Crippen LogP contribution in [0.5, 0.6) is 0 Å². The third kappa shape index (κ3) is 3.82. The molecule has 24 heavy (non-hydrogen) atoms. The molecule has 1 aliphatic heterocycles. The van der Waals surface area contributed by atoms with Crippen molar-refractivity contribution in [3.8, 4) is 0 Å². The number of likely N-dealkylation sites (tertiary alicyclic amines) is 1. The van der Waals surface area contributed by atoms with Crippen LogP contribution in [-0.4, -0.2) is 47.9 Å². The van der Waals surface area contributed by atoms with Gasteiger partial charge in [0, 0.05) is 33.0 Å². The van der Waals surface area contributed by atoms with Crippen molar-refractivity contribution in [2.24, 2.45) is 5.92 Å². The zero-order chi connectivity index (χ0) is 16.9. The Morgan fingerprint density at radius 2 is 1.92 bits per heavy atom. The Bertz CT molecular complexity index is 657. The Balaban J connectivity index is 1.74. The van der Waals surface area contributed by atoms with Crippen LogP contribution >= 0.6 is 0 Å². The summed E-state index contributed by atoms with van der Waals surface area (Å²) in [5.74, 6) is 0.749. The molecule has 1 aromatic heterocycles. The molecule has 1 aliphatic rings. The lowest BCUT2D eigenvalue weighted by Crippen LogP contribution is -2.39. The molecular weight excluding hydrogens is 298 g/mol. The second-order valence-corrected chi connectivity index (χ2v) is 6.76. The molecule has 0 bridgehead atoms. The van der Waals surface area contributed by atoms with Crippen LogP contribution in [0.4, 0.5) is 0 Å². The second-order valence-electron chi connectivity index (χ2n) is 6.76. The number of pyridine rings is 1. The minimum Gasteiger partial charge on any atom is -0.347 e. The van der Waals surface area contributed by atoms with Crippen LogP contribution in [0.3, 0.4) is 0 Å². The normalized spacial score (nSPS) is 19.2. The summed E-state index contributed by atoms with van der Waals surface area (Å²) < 4.78 is 0. The van der Waals surface area contributed by atoms with Gasteiger partial charge in [-0.3, -0.25) is 14.7 Å². The Morgan fingerprint density at radius 3 is 2.58 bits per heavy atom. The lowest BCUT2D eigenvalue weighted by molar-refractivity contribution is -0.134. The predicted octanol–water partition coefficient (Wildman–Crippen LogP) is 2.78. The van der Waals surface area contributed by atoms with Crippen molar-refractivity contribution < 1.29 is 4.79 Å². The number of aromatic nitrogens is 1. The zero-order valence-electron chi connectivity index (χ0n) is 14.4. The number of nitrogens with zero attached hydrogens (tertiary/aromatic N) is 3. The van der Waals surface area contributed by atoms with E-state index in [4.69, 9.17) is 0 Å². The number of benzene rings is 1. The Labute approximate surface area is 144 Å². The van der Waals surface area contributed by atoms with E-state index in [2.05, 4.69) is 34.1 Å². The van der Waals surface area contributed by atoms with Crippen molar-refractivity contribution in [2.45, 2.75) is 18.9 Å². The van der Waals surface area contributed by atoms with Crippen LogP contribution < -0.4 is 0 Å². The average Bonchev–Trinajstić information content (AvgIpc) is 3.05. The van der Waals surface area contributed by atoms with E-state index in [1.807, 2.05) is 44.7 Å². The third-order valence-electron chi connectivity index (χ3n) is 4.75. The molecule has 1 aromatic carbocycles. The number of carbonyl (C=O) groups excluding carboxylic acids is 1. The maximum absolute atomic E-state index is 12.8. The minimum atomic E-state index is -0.177.